The third-order valence-electron chi connectivity index (χ3n) is 6.55. The van der Waals surface area contributed by atoms with Crippen LogP contribution >= 0.6 is 0 Å². The van der Waals surface area contributed by atoms with E-state index in [0.717, 1.165) is 77.4 Å². The molecule has 6 nitrogen and oxygen atoms in total. The van der Waals surface area contributed by atoms with Gasteiger partial charge in [-0.25, -0.2) is 0 Å². The van der Waals surface area contributed by atoms with Gasteiger partial charge in [-0.1, -0.05) is 0 Å². The van der Waals surface area contributed by atoms with E-state index in [1.807, 2.05) is 4.90 Å². The molecule has 3 saturated heterocycles. The summed E-state index contributed by atoms with van der Waals surface area (Å²) in [6.07, 6.45) is 4.49. The van der Waals surface area contributed by atoms with E-state index in [2.05, 4.69) is 23.6 Å². The summed E-state index contributed by atoms with van der Waals surface area (Å²) in [7, 11) is 0. The lowest BCUT2D eigenvalue weighted by molar-refractivity contribution is -0.136. The lowest BCUT2D eigenvalue weighted by Gasteiger charge is -2.38. The van der Waals surface area contributed by atoms with Crippen molar-refractivity contribution in [3.8, 4) is 0 Å². The number of rotatable bonds is 5. The second-order valence-electron chi connectivity index (χ2n) is 8.16. The Kier molecular flexibility index (Phi) is 6.72. The first-order valence-corrected chi connectivity index (χ1v) is 10.2. The molecule has 3 heterocycles. The average Bonchev–Trinajstić information content (AvgIpc) is 2.98. The zero-order valence-electron chi connectivity index (χ0n) is 16.0. The fourth-order valence-corrected chi connectivity index (χ4v) is 4.63. The Balaban J connectivity index is 1.39. The summed E-state index contributed by atoms with van der Waals surface area (Å²) in [4.78, 5) is 19.8. The highest BCUT2D eigenvalue weighted by Gasteiger charge is 2.32. The van der Waals surface area contributed by atoms with Crippen LogP contribution in [0.4, 0.5) is 0 Å². The predicted octanol–water partition coefficient (Wildman–Crippen LogP) is 0.757. The van der Waals surface area contributed by atoms with Crippen LogP contribution in [-0.2, 0) is 9.53 Å². The van der Waals surface area contributed by atoms with Crippen molar-refractivity contribution < 1.29 is 9.53 Å². The van der Waals surface area contributed by atoms with Gasteiger partial charge in [-0.05, 0) is 45.4 Å². The maximum Gasteiger partial charge on any atom is 0.239 e. The molecule has 0 radical (unpaired) electrons. The van der Waals surface area contributed by atoms with Crippen LogP contribution in [0.15, 0.2) is 0 Å². The minimum absolute atomic E-state index is 0.147. The van der Waals surface area contributed by atoms with Gasteiger partial charge in [0.1, 0.15) is 0 Å². The monoisotopic (exact) mass is 352 g/mol. The number of amides is 1. The highest BCUT2D eigenvalue weighted by molar-refractivity contribution is 5.82. The first kappa shape index (κ1) is 19.1. The highest BCUT2D eigenvalue weighted by atomic mass is 16.5. The normalized spacial score (nSPS) is 31.4. The number of carbonyl (C=O) groups excluding carboxylic acids is 1. The number of hydrogen-bond acceptors (Lipinski definition) is 5. The van der Waals surface area contributed by atoms with Crippen molar-refractivity contribution in [1.29, 1.82) is 0 Å². The van der Waals surface area contributed by atoms with Gasteiger partial charge in [0.2, 0.25) is 5.91 Å². The molecule has 144 valence electrons. The van der Waals surface area contributed by atoms with E-state index in [1.54, 1.807) is 0 Å². The van der Waals surface area contributed by atoms with Gasteiger partial charge in [-0.2, -0.15) is 0 Å². The summed E-state index contributed by atoms with van der Waals surface area (Å²) in [5, 5.41) is 0. The number of nitrogens with two attached hydrogens (primary N) is 1. The second kappa shape index (κ2) is 8.80. The van der Waals surface area contributed by atoms with Crippen LogP contribution in [0.3, 0.4) is 0 Å². The van der Waals surface area contributed by atoms with Crippen molar-refractivity contribution in [2.45, 2.75) is 57.7 Å². The van der Waals surface area contributed by atoms with E-state index >= 15 is 0 Å². The Bertz CT molecular complexity index is 423. The summed E-state index contributed by atoms with van der Waals surface area (Å²) in [6, 6.07) is 1.09. The first-order chi connectivity index (χ1) is 12.1. The molecule has 1 amide bonds. The Morgan fingerprint density at radius 3 is 2.20 bits per heavy atom. The molecular weight excluding hydrogens is 316 g/mol. The van der Waals surface area contributed by atoms with Crippen LogP contribution in [0.1, 0.15) is 39.5 Å². The Hall–Kier alpha value is -0.690. The molecule has 3 rings (SSSR count). The number of carbonyl (C=O) groups is 1. The van der Waals surface area contributed by atoms with Gasteiger partial charge in [-0.3, -0.25) is 14.6 Å². The first-order valence-electron chi connectivity index (χ1n) is 10.2. The average molecular weight is 353 g/mol. The van der Waals surface area contributed by atoms with Crippen molar-refractivity contribution in [1.82, 2.24) is 14.7 Å². The standard InChI is InChI=1S/C19H36N4O2/c1-15-3-4-16(2)23(15)12-9-21-7-10-22(11-8-21)19(24)18(20)17-5-13-25-14-6-17/h15-18H,3-14,20H2,1-2H3. The molecule has 0 aromatic carbocycles. The molecule has 0 saturated carbocycles. The summed E-state index contributed by atoms with van der Waals surface area (Å²) >= 11 is 0. The largest absolute Gasteiger partial charge is 0.381 e. The maximum absolute atomic E-state index is 12.7. The summed E-state index contributed by atoms with van der Waals surface area (Å²) < 4.78 is 5.38. The molecule has 0 bridgehead atoms. The van der Waals surface area contributed by atoms with Crippen LogP contribution in [0.2, 0.25) is 0 Å². The van der Waals surface area contributed by atoms with Crippen LogP contribution < -0.4 is 5.73 Å². The molecule has 6 heteroatoms. The quantitative estimate of drug-likeness (QED) is 0.791. The van der Waals surface area contributed by atoms with Gasteiger partial charge < -0.3 is 15.4 Å². The van der Waals surface area contributed by atoms with Gasteiger partial charge >= 0.3 is 0 Å². The van der Waals surface area contributed by atoms with Crippen molar-refractivity contribution >= 4 is 5.91 Å². The van der Waals surface area contributed by atoms with Crippen LogP contribution in [0.5, 0.6) is 0 Å². The molecule has 3 aliphatic heterocycles. The topological polar surface area (TPSA) is 62.0 Å². The van der Waals surface area contributed by atoms with Crippen molar-refractivity contribution in [2.75, 3.05) is 52.5 Å². The number of likely N-dealkylation sites (tertiary alicyclic amines) is 1. The molecule has 3 unspecified atom stereocenters. The van der Waals surface area contributed by atoms with Gasteiger partial charge in [0.15, 0.2) is 0 Å². The second-order valence-corrected chi connectivity index (χ2v) is 8.16. The molecule has 0 aliphatic carbocycles. The number of nitrogens with zero attached hydrogens (tertiary/aromatic N) is 3. The fraction of sp³-hybridized carbons (Fsp3) is 0.947. The van der Waals surface area contributed by atoms with Gasteiger partial charge in [-0.15, -0.1) is 0 Å². The summed E-state index contributed by atoms with van der Waals surface area (Å²) in [5.41, 5.74) is 6.26. The smallest absolute Gasteiger partial charge is 0.239 e. The van der Waals surface area contributed by atoms with E-state index < -0.39 is 0 Å². The Labute approximate surface area is 152 Å². The molecular formula is C19H36N4O2. The lowest BCUT2D eigenvalue weighted by Crippen LogP contribution is -2.56. The molecule has 0 aromatic heterocycles. The Morgan fingerprint density at radius 2 is 1.60 bits per heavy atom. The molecule has 25 heavy (non-hydrogen) atoms. The molecule has 3 aliphatic rings. The lowest BCUT2D eigenvalue weighted by atomic mass is 9.91. The van der Waals surface area contributed by atoms with Gasteiger partial charge in [0.05, 0.1) is 6.04 Å². The summed E-state index contributed by atoms with van der Waals surface area (Å²) in [5.74, 6) is 0.436. The van der Waals surface area contributed by atoms with E-state index in [1.165, 1.54) is 12.8 Å². The van der Waals surface area contributed by atoms with E-state index in [9.17, 15) is 4.79 Å². The van der Waals surface area contributed by atoms with E-state index in [-0.39, 0.29) is 17.9 Å². The number of hydrogen-bond donors (Lipinski definition) is 1. The molecule has 2 N–H and O–H groups in total. The third kappa shape index (κ3) is 4.73. The summed E-state index contributed by atoms with van der Waals surface area (Å²) in [6.45, 7) is 12.0. The highest BCUT2D eigenvalue weighted by Crippen LogP contribution is 2.23. The van der Waals surface area contributed by atoms with E-state index in [4.69, 9.17) is 10.5 Å². The van der Waals surface area contributed by atoms with Crippen molar-refractivity contribution in [2.24, 2.45) is 11.7 Å². The van der Waals surface area contributed by atoms with Gasteiger partial charge in [0.25, 0.3) is 0 Å². The zero-order chi connectivity index (χ0) is 17.8. The van der Waals surface area contributed by atoms with Crippen LogP contribution in [-0.4, -0.2) is 91.2 Å². The minimum atomic E-state index is -0.346. The van der Waals surface area contributed by atoms with Crippen LogP contribution in [0, 0.1) is 5.92 Å². The molecule has 3 fully saturated rings. The number of piperazine rings is 1. The fourth-order valence-electron chi connectivity index (χ4n) is 4.63. The van der Waals surface area contributed by atoms with Crippen molar-refractivity contribution in [3.05, 3.63) is 0 Å². The van der Waals surface area contributed by atoms with E-state index in [0.29, 0.717) is 0 Å². The Morgan fingerprint density at radius 1 is 1.00 bits per heavy atom. The predicted molar refractivity (Wildman–Crippen MR) is 99.4 cm³/mol. The van der Waals surface area contributed by atoms with Crippen LogP contribution in [0.25, 0.3) is 0 Å². The SMILES string of the molecule is CC1CCC(C)N1CCN1CCN(C(=O)C(N)C2CCOCC2)CC1. The molecule has 3 atom stereocenters. The van der Waals surface area contributed by atoms with Gasteiger partial charge in [0, 0.05) is 64.6 Å². The minimum Gasteiger partial charge on any atom is -0.381 e. The third-order valence-corrected chi connectivity index (χ3v) is 6.55. The number of ether oxygens (including phenoxy) is 1. The van der Waals surface area contributed by atoms with Crippen molar-refractivity contribution in [3.63, 3.8) is 0 Å². The maximum atomic E-state index is 12.7. The molecule has 0 spiro atoms. The zero-order valence-corrected chi connectivity index (χ0v) is 16.0. The molecule has 0 aromatic rings.